The highest BCUT2D eigenvalue weighted by molar-refractivity contribution is 6.24. The van der Waals surface area contributed by atoms with E-state index in [9.17, 15) is 4.79 Å². The summed E-state index contributed by atoms with van der Waals surface area (Å²) < 4.78 is 9.31. The minimum absolute atomic E-state index is 0.404. The Kier molecular flexibility index (Phi) is 6.74. The molecular weight excluding hydrogens is 161 g/mol. The van der Waals surface area contributed by atoms with Crippen LogP contribution in [0.1, 0.15) is 6.42 Å². The van der Waals surface area contributed by atoms with E-state index in [1.807, 2.05) is 0 Å². The summed E-state index contributed by atoms with van der Waals surface area (Å²) in [5.41, 5.74) is 0. The molecule has 0 aromatic carbocycles. The van der Waals surface area contributed by atoms with Crippen molar-refractivity contribution in [2.75, 3.05) is 20.8 Å². The summed E-state index contributed by atoms with van der Waals surface area (Å²) in [6.07, 6.45) is 0.408. The summed E-state index contributed by atoms with van der Waals surface area (Å²) in [7, 11) is 4.22. The van der Waals surface area contributed by atoms with Crippen molar-refractivity contribution >= 4 is 13.6 Å². The lowest BCUT2D eigenvalue weighted by Gasteiger charge is -2.11. The molecule has 6 heteroatoms. The maximum atomic E-state index is 10.5. The minimum Gasteiger partial charge on any atom is -0.480 e. The summed E-state index contributed by atoms with van der Waals surface area (Å²) in [6, 6.07) is -0.648. The van der Waals surface area contributed by atoms with E-state index in [1.165, 1.54) is 21.8 Å². The minimum atomic E-state index is -0.916. The molecule has 0 fully saturated rings. The van der Waals surface area contributed by atoms with Gasteiger partial charge in [-0.05, 0) is 6.42 Å². The Hall–Kier alpha value is -0.585. The Morgan fingerprint density at radius 3 is 2.75 bits per heavy atom. The Labute approximate surface area is 72.3 Å². The third-order valence-corrected chi connectivity index (χ3v) is 1.30. The molecule has 69 valence electrons. The van der Waals surface area contributed by atoms with Gasteiger partial charge in [-0.2, -0.15) is 0 Å². The highest BCUT2D eigenvalue weighted by atomic mass is 16.5. The van der Waals surface area contributed by atoms with Crippen molar-refractivity contribution < 1.29 is 19.3 Å². The van der Waals surface area contributed by atoms with Crippen LogP contribution >= 0.6 is 0 Å². The number of carbonyl (C=O) groups is 1. The van der Waals surface area contributed by atoms with E-state index in [4.69, 9.17) is 9.84 Å². The van der Waals surface area contributed by atoms with Crippen molar-refractivity contribution in [2.24, 2.45) is 0 Å². The zero-order valence-corrected chi connectivity index (χ0v) is 7.24. The normalized spacial score (nSPS) is 12.5. The maximum Gasteiger partial charge on any atom is 0.396 e. The predicted octanol–water partition coefficient (Wildman–Crippen LogP) is -0.754. The van der Waals surface area contributed by atoms with Crippen molar-refractivity contribution in [3.05, 3.63) is 0 Å². The summed E-state index contributed by atoms with van der Waals surface area (Å²) >= 11 is 0. The van der Waals surface area contributed by atoms with Gasteiger partial charge in [0.25, 0.3) is 0 Å². The van der Waals surface area contributed by atoms with Crippen LogP contribution in [0.25, 0.3) is 0 Å². The predicted molar refractivity (Wildman–Crippen MR) is 43.8 cm³/mol. The number of carboxylic acids is 1. The molecule has 0 saturated heterocycles. The van der Waals surface area contributed by atoms with Crippen LogP contribution in [0.3, 0.4) is 0 Å². The van der Waals surface area contributed by atoms with E-state index in [0.29, 0.717) is 13.0 Å². The monoisotopic (exact) mass is 174 g/mol. The summed E-state index contributed by atoms with van der Waals surface area (Å²) in [6.45, 7) is 0.404. The number of hydrogen-bond donors (Lipinski definition) is 2. The maximum absolute atomic E-state index is 10.5. The molecule has 5 nitrogen and oxygen atoms in total. The molecule has 0 aliphatic rings. The molecule has 12 heavy (non-hydrogen) atoms. The van der Waals surface area contributed by atoms with Gasteiger partial charge >= 0.3 is 13.6 Å². The van der Waals surface area contributed by atoms with E-state index in [1.54, 1.807) is 0 Å². The zero-order chi connectivity index (χ0) is 9.40. The summed E-state index contributed by atoms with van der Waals surface area (Å²) in [5, 5.41) is 11.2. The van der Waals surface area contributed by atoms with E-state index in [0.717, 1.165) is 0 Å². The van der Waals surface area contributed by atoms with Crippen LogP contribution in [0.2, 0.25) is 0 Å². The van der Waals surface area contributed by atoms with Gasteiger partial charge < -0.3 is 19.7 Å². The average molecular weight is 174 g/mol. The van der Waals surface area contributed by atoms with Crippen LogP contribution in [-0.4, -0.2) is 45.6 Å². The molecule has 0 rings (SSSR count). The molecule has 0 amide bonds. The third-order valence-electron chi connectivity index (χ3n) is 1.30. The van der Waals surface area contributed by atoms with Gasteiger partial charge in [-0.15, -0.1) is 0 Å². The molecule has 0 saturated carbocycles. The standard InChI is InChI=1S/C6H13BNO4/c1-11-4-3-5(6(9)10)8-7-12-2/h5,8H,3-4H2,1-2H3,(H,9,10)/t5-/m0/s1. The SMILES string of the molecule is CO[B]N[C@@H](CCOC)C(=O)O. The fourth-order valence-electron chi connectivity index (χ4n) is 0.664. The first kappa shape index (κ1) is 11.4. The largest absolute Gasteiger partial charge is 0.480 e. The Morgan fingerprint density at radius 1 is 1.67 bits per heavy atom. The van der Waals surface area contributed by atoms with E-state index >= 15 is 0 Å². The first-order chi connectivity index (χ1) is 5.72. The van der Waals surface area contributed by atoms with Gasteiger partial charge in [0, 0.05) is 20.8 Å². The Balaban J connectivity index is 3.62. The van der Waals surface area contributed by atoms with Crippen molar-refractivity contribution in [3.8, 4) is 0 Å². The molecule has 0 heterocycles. The molecular formula is C6H13BNO4. The number of aliphatic carboxylic acids is 1. The molecule has 1 radical (unpaired) electrons. The van der Waals surface area contributed by atoms with Gasteiger partial charge in [0.15, 0.2) is 0 Å². The van der Waals surface area contributed by atoms with Gasteiger partial charge in [-0.3, -0.25) is 4.79 Å². The number of rotatable bonds is 7. The highest BCUT2D eigenvalue weighted by Gasteiger charge is 2.15. The fraction of sp³-hybridized carbons (Fsp3) is 0.833. The van der Waals surface area contributed by atoms with Gasteiger partial charge in [-0.25, -0.2) is 0 Å². The third kappa shape index (κ3) is 5.12. The second-order valence-corrected chi connectivity index (χ2v) is 2.19. The van der Waals surface area contributed by atoms with Crippen molar-refractivity contribution in [2.45, 2.75) is 12.5 Å². The number of nitrogens with one attached hydrogen (secondary N) is 1. The van der Waals surface area contributed by atoms with Crippen molar-refractivity contribution in [1.82, 2.24) is 5.23 Å². The summed E-state index contributed by atoms with van der Waals surface area (Å²) in [4.78, 5) is 10.5. The molecule has 0 aliphatic carbocycles. The Bertz CT molecular complexity index is 125. The lowest BCUT2D eigenvalue weighted by Crippen LogP contribution is -2.40. The summed E-state index contributed by atoms with van der Waals surface area (Å²) in [5.74, 6) is -0.916. The van der Waals surface area contributed by atoms with Crippen LogP contribution < -0.4 is 5.23 Å². The smallest absolute Gasteiger partial charge is 0.396 e. The van der Waals surface area contributed by atoms with Gasteiger partial charge in [-0.1, -0.05) is 0 Å². The number of ether oxygens (including phenoxy) is 1. The molecule has 0 aromatic heterocycles. The second kappa shape index (κ2) is 7.09. The van der Waals surface area contributed by atoms with Gasteiger partial charge in [0.1, 0.15) is 0 Å². The van der Waals surface area contributed by atoms with E-state index < -0.39 is 12.0 Å². The Morgan fingerprint density at radius 2 is 2.33 bits per heavy atom. The average Bonchev–Trinajstić information content (AvgIpc) is 2.04. The first-order valence-corrected chi connectivity index (χ1v) is 3.54. The quantitative estimate of drug-likeness (QED) is 0.497. The van der Waals surface area contributed by atoms with Crippen molar-refractivity contribution in [1.29, 1.82) is 0 Å². The zero-order valence-electron chi connectivity index (χ0n) is 7.24. The van der Waals surface area contributed by atoms with Crippen molar-refractivity contribution in [3.63, 3.8) is 0 Å². The lowest BCUT2D eigenvalue weighted by molar-refractivity contribution is -0.139. The van der Waals surface area contributed by atoms with E-state index in [2.05, 4.69) is 9.88 Å². The number of hydrogen-bond acceptors (Lipinski definition) is 4. The molecule has 0 spiro atoms. The molecule has 1 atom stereocenters. The van der Waals surface area contributed by atoms with E-state index in [-0.39, 0.29) is 0 Å². The van der Waals surface area contributed by atoms with Gasteiger partial charge in [0.05, 0.1) is 6.04 Å². The second-order valence-electron chi connectivity index (χ2n) is 2.19. The topological polar surface area (TPSA) is 67.8 Å². The van der Waals surface area contributed by atoms with Crippen LogP contribution in [0, 0.1) is 0 Å². The number of methoxy groups -OCH3 is 1. The molecule has 2 N–H and O–H groups in total. The van der Waals surface area contributed by atoms with Crippen LogP contribution in [0.5, 0.6) is 0 Å². The number of carboxylic acid groups (broad SMARTS) is 1. The highest BCUT2D eigenvalue weighted by Crippen LogP contribution is 1.91. The first-order valence-electron chi connectivity index (χ1n) is 3.54. The van der Waals surface area contributed by atoms with Crippen LogP contribution in [0.4, 0.5) is 0 Å². The van der Waals surface area contributed by atoms with Crippen LogP contribution in [-0.2, 0) is 14.2 Å². The molecule has 0 aromatic rings. The molecule has 0 aliphatic heterocycles. The fourth-order valence-corrected chi connectivity index (χ4v) is 0.664. The van der Waals surface area contributed by atoms with Gasteiger partial charge in [0.2, 0.25) is 0 Å². The van der Waals surface area contributed by atoms with Crippen LogP contribution in [0.15, 0.2) is 0 Å². The lowest BCUT2D eigenvalue weighted by atomic mass is 10.1. The molecule has 0 bridgehead atoms. The molecule has 0 unspecified atom stereocenters.